The molecule has 2 nitrogen and oxygen atoms in total. The van der Waals surface area contributed by atoms with Crippen LogP contribution in [0.1, 0.15) is 77.0 Å². The molecule has 0 aliphatic heterocycles. The molecule has 0 aromatic rings. The van der Waals surface area contributed by atoms with Crippen molar-refractivity contribution in [3.05, 3.63) is 12.2 Å². The largest absolute Gasteiger partial charge is 0.356 e. The van der Waals surface area contributed by atoms with Gasteiger partial charge in [-0.15, -0.1) is 0 Å². The quantitative estimate of drug-likeness (QED) is 0.0981. The Labute approximate surface area is 146 Å². The molecule has 0 radical (unpaired) electrons. The Bertz CT molecular complexity index is 215. The van der Waals surface area contributed by atoms with E-state index in [1.807, 2.05) is 0 Å². The molecule has 0 aromatic heterocycles. The van der Waals surface area contributed by atoms with Crippen LogP contribution >= 0.6 is 22.6 Å². The summed E-state index contributed by atoms with van der Waals surface area (Å²) in [6.45, 7) is 0. The summed E-state index contributed by atoms with van der Waals surface area (Å²) in [6.07, 6.45) is 20.5. The molecule has 0 fully saturated rings. The molecule has 0 atom stereocenters. The van der Waals surface area contributed by atoms with Gasteiger partial charge in [-0.25, -0.2) is 0 Å². The first-order chi connectivity index (χ1) is 10.3. The Morgan fingerprint density at radius 1 is 0.714 bits per heavy atom. The average molecular weight is 410 g/mol. The standard InChI is InChI=1S/C18H35IO2/c1-20-18(21-2)16-14-12-10-8-6-4-3-5-7-9-11-13-15-17-19/h11,13,18H,3-10,12,14-17H2,1-2H3/b13-11-. The second-order valence-corrected chi connectivity index (χ2v) is 6.69. The molecule has 0 N–H and O–H groups in total. The lowest BCUT2D eigenvalue weighted by molar-refractivity contribution is -0.107. The number of rotatable bonds is 16. The molecule has 0 heterocycles. The van der Waals surface area contributed by atoms with Crippen LogP contribution in [-0.4, -0.2) is 24.9 Å². The van der Waals surface area contributed by atoms with Crippen LogP contribution < -0.4 is 0 Å². The van der Waals surface area contributed by atoms with Crippen molar-refractivity contribution in [2.45, 2.75) is 83.3 Å². The molecular formula is C18H35IO2. The first-order valence-corrected chi connectivity index (χ1v) is 10.1. The molecule has 0 aliphatic carbocycles. The molecule has 21 heavy (non-hydrogen) atoms. The molecule has 126 valence electrons. The summed E-state index contributed by atoms with van der Waals surface area (Å²) < 4.78 is 11.6. The smallest absolute Gasteiger partial charge is 0.156 e. The van der Waals surface area contributed by atoms with Gasteiger partial charge in [0.25, 0.3) is 0 Å². The van der Waals surface area contributed by atoms with Crippen LogP contribution in [0.5, 0.6) is 0 Å². The number of ether oxygens (including phenoxy) is 2. The maximum absolute atomic E-state index is 5.19. The number of alkyl halides is 1. The van der Waals surface area contributed by atoms with Crippen molar-refractivity contribution in [1.29, 1.82) is 0 Å². The van der Waals surface area contributed by atoms with Gasteiger partial charge in [-0.2, -0.15) is 0 Å². The molecule has 3 heteroatoms. The van der Waals surface area contributed by atoms with Crippen LogP contribution in [0, 0.1) is 0 Å². The molecule has 0 amide bonds. The summed E-state index contributed by atoms with van der Waals surface area (Å²) in [5.41, 5.74) is 0. The van der Waals surface area contributed by atoms with Crippen LogP contribution in [0.25, 0.3) is 0 Å². The molecule has 0 unspecified atom stereocenters. The van der Waals surface area contributed by atoms with Crippen LogP contribution in [0.15, 0.2) is 12.2 Å². The van der Waals surface area contributed by atoms with Crippen LogP contribution in [0.2, 0.25) is 0 Å². The highest BCUT2D eigenvalue weighted by Crippen LogP contribution is 2.13. The lowest BCUT2D eigenvalue weighted by Gasteiger charge is -2.12. The highest BCUT2D eigenvalue weighted by atomic mass is 127. The Kier molecular flexibility index (Phi) is 18.8. The minimum atomic E-state index is -0.00377. The van der Waals surface area contributed by atoms with Gasteiger partial charge in [-0.1, -0.05) is 79.7 Å². The van der Waals surface area contributed by atoms with Crippen molar-refractivity contribution in [3.8, 4) is 0 Å². The van der Waals surface area contributed by atoms with Crippen LogP contribution in [0.4, 0.5) is 0 Å². The second kappa shape index (κ2) is 18.4. The Morgan fingerprint density at radius 2 is 1.19 bits per heavy atom. The maximum atomic E-state index is 5.19. The number of halogens is 1. The van der Waals surface area contributed by atoms with E-state index in [4.69, 9.17) is 9.47 Å². The lowest BCUT2D eigenvalue weighted by atomic mass is 10.1. The van der Waals surface area contributed by atoms with Gasteiger partial charge in [-0.05, 0) is 32.1 Å². The summed E-state index contributed by atoms with van der Waals surface area (Å²) in [4.78, 5) is 0. The van der Waals surface area contributed by atoms with Crippen molar-refractivity contribution < 1.29 is 9.47 Å². The Balaban J connectivity index is 3.09. The van der Waals surface area contributed by atoms with Crippen LogP contribution in [-0.2, 0) is 9.47 Å². The number of methoxy groups -OCH3 is 2. The predicted octanol–water partition coefficient (Wildman–Crippen LogP) is 6.28. The first kappa shape index (κ1) is 21.4. The highest BCUT2D eigenvalue weighted by Gasteiger charge is 2.03. The monoisotopic (exact) mass is 410 g/mol. The van der Waals surface area contributed by atoms with Crippen molar-refractivity contribution >= 4 is 22.6 Å². The van der Waals surface area contributed by atoms with Gasteiger partial charge in [0.15, 0.2) is 6.29 Å². The highest BCUT2D eigenvalue weighted by molar-refractivity contribution is 14.1. The van der Waals surface area contributed by atoms with E-state index in [9.17, 15) is 0 Å². The van der Waals surface area contributed by atoms with Crippen molar-refractivity contribution in [1.82, 2.24) is 0 Å². The molecule has 0 saturated carbocycles. The van der Waals surface area contributed by atoms with Gasteiger partial charge in [0.1, 0.15) is 0 Å². The SMILES string of the molecule is COC(CCCCCCCCCCC/C=C\CCI)OC. The molecule has 0 saturated heterocycles. The summed E-state index contributed by atoms with van der Waals surface area (Å²) in [5.74, 6) is 0. The molecule has 0 aliphatic rings. The topological polar surface area (TPSA) is 18.5 Å². The van der Waals surface area contributed by atoms with Gasteiger partial charge < -0.3 is 9.47 Å². The van der Waals surface area contributed by atoms with Gasteiger partial charge in [0, 0.05) is 18.6 Å². The van der Waals surface area contributed by atoms with E-state index in [1.54, 1.807) is 14.2 Å². The fourth-order valence-corrected chi connectivity index (χ4v) is 2.80. The Hall–Kier alpha value is 0.390. The predicted molar refractivity (Wildman–Crippen MR) is 101 cm³/mol. The summed E-state index contributed by atoms with van der Waals surface area (Å²) >= 11 is 2.43. The maximum Gasteiger partial charge on any atom is 0.156 e. The third-order valence-electron chi connectivity index (χ3n) is 3.78. The first-order valence-electron chi connectivity index (χ1n) is 8.61. The van der Waals surface area contributed by atoms with E-state index in [0.717, 1.165) is 6.42 Å². The average Bonchev–Trinajstić information content (AvgIpc) is 2.51. The fraction of sp³-hybridized carbons (Fsp3) is 0.889. The van der Waals surface area contributed by atoms with Gasteiger partial charge in [0.2, 0.25) is 0 Å². The fourth-order valence-electron chi connectivity index (χ4n) is 2.44. The van der Waals surface area contributed by atoms with Gasteiger partial charge in [-0.3, -0.25) is 0 Å². The molecular weight excluding hydrogens is 375 g/mol. The summed E-state index contributed by atoms with van der Waals surface area (Å²) in [6, 6.07) is 0. The van der Waals surface area contributed by atoms with E-state index in [-0.39, 0.29) is 6.29 Å². The zero-order valence-electron chi connectivity index (χ0n) is 14.1. The number of hydrogen-bond donors (Lipinski definition) is 0. The normalized spacial score (nSPS) is 11.8. The molecule has 0 aromatic carbocycles. The molecule has 0 bridgehead atoms. The second-order valence-electron chi connectivity index (χ2n) is 5.61. The number of hydrogen-bond acceptors (Lipinski definition) is 2. The zero-order valence-corrected chi connectivity index (χ0v) is 16.3. The van der Waals surface area contributed by atoms with E-state index in [1.165, 1.54) is 75.1 Å². The van der Waals surface area contributed by atoms with Crippen molar-refractivity contribution in [2.75, 3.05) is 18.6 Å². The summed E-state index contributed by atoms with van der Waals surface area (Å²) in [5, 5.41) is 0. The summed E-state index contributed by atoms with van der Waals surface area (Å²) in [7, 11) is 3.43. The van der Waals surface area contributed by atoms with Gasteiger partial charge in [0.05, 0.1) is 0 Å². The van der Waals surface area contributed by atoms with Crippen molar-refractivity contribution in [3.63, 3.8) is 0 Å². The van der Waals surface area contributed by atoms with E-state index >= 15 is 0 Å². The Morgan fingerprint density at radius 3 is 1.71 bits per heavy atom. The minimum absolute atomic E-state index is 0.00377. The molecule has 0 rings (SSSR count). The number of unbranched alkanes of at least 4 members (excludes halogenated alkanes) is 9. The third-order valence-corrected chi connectivity index (χ3v) is 4.40. The lowest BCUT2D eigenvalue weighted by Crippen LogP contribution is -2.12. The van der Waals surface area contributed by atoms with E-state index in [0.29, 0.717) is 0 Å². The third kappa shape index (κ3) is 16.6. The minimum Gasteiger partial charge on any atom is -0.356 e. The number of allylic oxidation sites excluding steroid dienone is 2. The van der Waals surface area contributed by atoms with Gasteiger partial charge >= 0.3 is 0 Å². The molecule has 0 spiro atoms. The van der Waals surface area contributed by atoms with E-state index < -0.39 is 0 Å². The van der Waals surface area contributed by atoms with Crippen LogP contribution in [0.3, 0.4) is 0 Å². The van der Waals surface area contributed by atoms with E-state index in [2.05, 4.69) is 34.7 Å². The zero-order chi connectivity index (χ0) is 15.6. The van der Waals surface area contributed by atoms with Crippen molar-refractivity contribution in [2.24, 2.45) is 0 Å².